The molecule has 11 nitrogen and oxygen atoms in total. The van der Waals surface area contributed by atoms with Crippen molar-refractivity contribution in [2.24, 2.45) is 5.73 Å². The minimum atomic E-state index is -1.36. The van der Waals surface area contributed by atoms with E-state index >= 15 is 0 Å². The summed E-state index contributed by atoms with van der Waals surface area (Å²) in [5.74, 6) is -2.82. The molecule has 0 aliphatic rings. The lowest BCUT2D eigenvalue weighted by atomic mass is 9.87. The second-order valence-electron chi connectivity index (χ2n) is 8.88. The lowest BCUT2D eigenvalue weighted by Gasteiger charge is -2.25. The van der Waals surface area contributed by atoms with Crippen LogP contribution in [0.25, 0.3) is 0 Å². The number of benzene rings is 1. The van der Waals surface area contributed by atoms with E-state index in [1.165, 1.54) is 18.2 Å². The van der Waals surface area contributed by atoms with Crippen LogP contribution in [0, 0.1) is 0 Å². The minimum Gasteiger partial charge on any atom is -0.480 e. The fourth-order valence-electron chi connectivity index (χ4n) is 3.55. The first-order valence-corrected chi connectivity index (χ1v) is 13.1. The molecule has 0 aliphatic heterocycles. The first-order valence-electron chi connectivity index (χ1n) is 13.1. The highest BCUT2D eigenvalue weighted by Crippen LogP contribution is 2.35. The largest absolute Gasteiger partial charge is 0.513 e. The molecule has 38 heavy (non-hydrogen) atoms. The number of hydrogen-bond acceptors (Lipinski definition) is 10. The van der Waals surface area contributed by atoms with E-state index < -0.39 is 42.3 Å². The van der Waals surface area contributed by atoms with Gasteiger partial charge in [0.05, 0.1) is 19.3 Å². The summed E-state index contributed by atoms with van der Waals surface area (Å²) in [6, 6.07) is 2.85. The number of hydrogen-bond donors (Lipinski definition) is 2. The molecule has 0 radical (unpaired) electrons. The van der Waals surface area contributed by atoms with Crippen LogP contribution in [0.2, 0.25) is 0 Å². The normalized spacial score (nSPS) is 13.1. The Kier molecular flexibility index (Phi) is 15.5. The van der Waals surface area contributed by atoms with Crippen molar-refractivity contribution in [3.05, 3.63) is 23.8 Å². The molecule has 1 aromatic rings. The predicted molar refractivity (Wildman–Crippen MR) is 138 cm³/mol. The van der Waals surface area contributed by atoms with Gasteiger partial charge >= 0.3 is 24.2 Å². The quantitative estimate of drug-likeness (QED) is 0.114. The molecule has 2 unspecified atom stereocenters. The fourth-order valence-corrected chi connectivity index (χ4v) is 3.55. The molecule has 0 saturated heterocycles. The van der Waals surface area contributed by atoms with Gasteiger partial charge in [-0.2, -0.15) is 0 Å². The average Bonchev–Trinajstić information content (AvgIpc) is 2.88. The van der Waals surface area contributed by atoms with Crippen molar-refractivity contribution in [3.63, 3.8) is 0 Å². The first-order chi connectivity index (χ1) is 18.1. The topological polar surface area (TPSA) is 161 Å². The van der Waals surface area contributed by atoms with E-state index in [0.717, 1.165) is 25.7 Å². The van der Waals surface area contributed by atoms with Crippen molar-refractivity contribution in [1.82, 2.24) is 0 Å². The Balaban J connectivity index is 3.22. The maximum absolute atomic E-state index is 12.3. The van der Waals surface area contributed by atoms with Gasteiger partial charge in [0.1, 0.15) is 6.04 Å². The predicted octanol–water partition coefficient (Wildman–Crippen LogP) is 5.33. The third-order valence-corrected chi connectivity index (χ3v) is 5.64. The van der Waals surface area contributed by atoms with Gasteiger partial charge in [0.25, 0.3) is 0 Å². The van der Waals surface area contributed by atoms with E-state index in [9.17, 15) is 24.3 Å². The van der Waals surface area contributed by atoms with Gasteiger partial charge < -0.3 is 34.5 Å². The summed E-state index contributed by atoms with van der Waals surface area (Å²) < 4.78 is 26.0. The van der Waals surface area contributed by atoms with E-state index in [1.807, 2.05) is 13.8 Å². The smallest absolute Gasteiger partial charge is 0.480 e. The van der Waals surface area contributed by atoms with Crippen molar-refractivity contribution in [2.75, 3.05) is 13.2 Å². The number of carboxylic acid groups (broad SMARTS) is 1. The van der Waals surface area contributed by atoms with E-state index in [0.29, 0.717) is 18.4 Å². The molecule has 0 aromatic heterocycles. The van der Waals surface area contributed by atoms with Crippen molar-refractivity contribution >= 4 is 24.2 Å². The maximum Gasteiger partial charge on any atom is 0.513 e. The maximum atomic E-state index is 12.3. The Morgan fingerprint density at radius 3 is 1.92 bits per heavy atom. The van der Waals surface area contributed by atoms with Crippen LogP contribution in [0.3, 0.4) is 0 Å². The molecule has 1 aromatic carbocycles. The molecule has 214 valence electrons. The van der Waals surface area contributed by atoms with Gasteiger partial charge in [0, 0.05) is 12.3 Å². The molecule has 11 heteroatoms. The van der Waals surface area contributed by atoms with Gasteiger partial charge in [-0.15, -0.1) is 0 Å². The van der Waals surface area contributed by atoms with E-state index in [2.05, 4.69) is 0 Å². The van der Waals surface area contributed by atoms with Crippen molar-refractivity contribution < 1.29 is 48.0 Å². The first kappa shape index (κ1) is 32.7. The van der Waals surface area contributed by atoms with Crippen LogP contribution in [0.4, 0.5) is 9.59 Å². The van der Waals surface area contributed by atoms with E-state index in [-0.39, 0.29) is 37.6 Å². The zero-order chi connectivity index (χ0) is 28.5. The summed E-state index contributed by atoms with van der Waals surface area (Å²) in [4.78, 5) is 48.0. The summed E-state index contributed by atoms with van der Waals surface area (Å²) in [6.07, 6.45) is 2.60. The number of carboxylic acids is 1. The number of carbonyl (C=O) groups is 4. The monoisotopic (exact) mass is 539 g/mol. The highest BCUT2D eigenvalue weighted by molar-refractivity contribution is 5.75. The molecule has 0 aliphatic carbocycles. The SMILES string of the molecule is CCCCCOC(=O)Oc1ccc(C(CC(C)OC(=O)CC)[C@H](N)C(=O)O)cc1OC(=O)OCCCCC. The van der Waals surface area contributed by atoms with Gasteiger partial charge in [-0.25, -0.2) is 9.59 Å². The van der Waals surface area contributed by atoms with Crippen LogP contribution in [-0.2, 0) is 23.8 Å². The van der Waals surface area contributed by atoms with Gasteiger partial charge in [-0.05, 0) is 43.9 Å². The summed E-state index contributed by atoms with van der Waals surface area (Å²) >= 11 is 0. The van der Waals surface area contributed by atoms with Gasteiger partial charge in [0.15, 0.2) is 11.5 Å². The number of aliphatic carboxylic acids is 1. The van der Waals surface area contributed by atoms with Crippen molar-refractivity contribution in [3.8, 4) is 11.5 Å². The van der Waals surface area contributed by atoms with E-state index in [4.69, 9.17) is 29.4 Å². The number of unbranched alkanes of at least 4 members (excludes halogenated alkanes) is 4. The Morgan fingerprint density at radius 2 is 1.42 bits per heavy atom. The van der Waals surface area contributed by atoms with Gasteiger partial charge in [-0.1, -0.05) is 52.5 Å². The Labute approximate surface area is 223 Å². The lowest BCUT2D eigenvalue weighted by Crippen LogP contribution is -2.38. The number of nitrogens with two attached hydrogens (primary N) is 1. The summed E-state index contributed by atoms with van der Waals surface area (Å²) in [5.41, 5.74) is 6.34. The molecule has 1 rings (SSSR count). The lowest BCUT2D eigenvalue weighted by molar-refractivity contribution is -0.148. The van der Waals surface area contributed by atoms with Crippen LogP contribution >= 0.6 is 0 Å². The Bertz CT molecular complexity index is 904. The molecular weight excluding hydrogens is 498 g/mol. The van der Waals surface area contributed by atoms with Crippen molar-refractivity contribution in [1.29, 1.82) is 0 Å². The third kappa shape index (κ3) is 12.3. The highest BCUT2D eigenvalue weighted by atomic mass is 16.7. The second kappa shape index (κ2) is 18.0. The van der Waals surface area contributed by atoms with Gasteiger partial charge in [-0.3, -0.25) is 9.59 Å². The number of rotatable bonds is 17. The zero-order valence-corrected chi connectivity index (χ0v) is 22.7. The zero-order valence-electron chi connectivity index (χ0n) is 22.7. The standard InChI is InChI=1S/C27H41NO10/c1-5-8-10-14-34-26(32)37-21-13-12-19(17-22(21)38-27(33)35-15-11-9-6-2)20(24(28)25(30)31)16-18(4)36-23(29)7-3/h12-13,17-18,20,24H,5-11,14-16,28H2,1-4H3,(H,30,31)/t18?,20?,24-/m0/s1. The molecule has 0 amide bonds. The molecule has 0 spiro atoms. The van der Waals surface area contributed by atoms with Crippen LogP contribution in [-0.4, -0.2) is 54.7 Å². The van der Waals surface area contributed by atoms with Crippen LogP contribution in [0.5, 0.6) is 11.5 Å². The van der Waals surface area contributed by atoms with Crippen LogP contribution in [0.15, 0.2) is 18.2 Å². The van der Waals surface area contributed by atoms with Gasteiger partial charge in [0.2, 0.25) is 0 Å². The fraction of sp³-hybridized carbons (Fsp3) is 0.630. The van der Waals surface area contributed by atoms with Crippen LogP contribution in [0.1, 0.15) is 90.5 Å². The molecule has 3 N–H and O–H groups in total. The highest BCUT2D eigenvalue weighted by Gasteiger charge is 2.30. The molecular formula is C27H41NO10. The summed E-state index contributed by atoms with van der Waals surface area (Å²) in [6.45, 7) is 7.62. The Hall–Kier alpha value is -3.34. The number of esters is 1. The third-order valence-electron chi connectivity index (χ3n) is 5.64. The second-order valence-corrected chi connectivity index (χ2v) is 8.88. The molecule has 0 fully saturated rings. The summed E-state index contributed by atoms with van der Waals surface area (Å²) in [5, 5.41) is 9.58. The molecule has 0 heterocycles. The minimum absolute atomic E-state index is 0.0831. The van der Waals surface area contributed by atoms with Crippen LogP contribution < -0.4 is 15.2 Å². The number of carbonyl (C=O) groups excluding carboxylic acids is 3. The molecule has 0 bridgehead atoms. The Morgan fingerprint density at radius 1 is 0.868 bits per heavy atom. The summed E-state index contributed by atoms with van der Waals surface area (Å²) in [7, 11) is 0. The van der Waals surface area contributed by atoms with E-state index in [1.54, 1.807) is 13.8 Å². The van der Waals surface area contributed by atoms with Crippen molar-refractivity contribution in [2.45, 2.75) is 97.1 Å². The molecule has 3 atom stereocenters. The average molecular weight is 540 g/mol. The molecule has 0 saturated carbocycles. The number of ether oxygens (including phenoxy) is 5.